The Labute approximate surface area is 92.3 Å². The minimum Gasteiger partial charge on any atom is -0.293 e. The minimum atomic E-state index is -1.29. The molecule has 0 N–H and O–H groups in total. The molecule has 0 heterocycles. The first-order valence-electron chi connectivity index (χ1n) is 4.99. The van der Waals surface area contributed by atoms with E-state index >= 15 is 0 Å². The van der Waals surface area contributed by atoms with Crippen LogP contribution in [0, 0.1) is 22.9 Å². The van der Waals surface area contributed by atoms with Gasteiger partial charge < -0.3 is 0 Å². The molecule has 0 aliphatic heterocycles. The number of benzene rings is 1. The first kappa shape index (κ1) is 12.7. The van der Waals surface area contributed by atoms with Gasteiger partial charge in [0.05, 0.1) is 5.56 Å². The second kappa shape index (κ2) is 4.28. The minimum absolute atomic E-state index is 0.397. The summed E-state index contributed by atoms with van der Waals surface area (Å²) in [7, 11) is 0. The summed E-state index contributed by atoms with van der Waals surface area (Å²) in [5, 5.41) is 0. The summed E-state index contributed by atoms with van der Waals surface area (Å²) in [5.41, 5.74) is -1.18. The fourth-order valence-electron chi connectivity index (χ4n) is 1.22. The van der Waals surface area contributed by atoms with Crippen molar-refractivity contribution in [2.45, 2.75) is 27.2 Å². The van der Waals surface area contributed by atoms with E-state index < -0.39 is 34.2 Å². The van der Waals surface area contributed by atoms with Gasteiger partial charge in [-0.15, -0.1) is 0 Å². The number of ketones is 1. The topological polar surface area (TPSA) is 17.1 Å². The lowest BCUT2D eigenvalue weighted by Crippen LogP contribution is -2.24. The lowest BCUT2D eigenvalue weighted by Gasteiger charge is -2.21. The summed E-state index contributed by atoms with van der Waals surface area (Å²) in [6.45, 7) is 5.04. The molecule has 0 fully saturated rings. The third-order valence-corrected chi connectivity index (χ3v) is 2.75. The number of hydrogen-bond donors (Lipinski definition) is 0. The molecule has 0 bridgehead atoms. The molecule has 0 saturated heterocycles. The second-order valence-corrected chi connectivity index (χ2v) is 4.31. The van der Waals surface area contributed by atoms with Gasteiger partial charge in [0, 0.05) is 11.5 Å². The Morgan fingerprint density at radius 3 is 2.12 bits per heavy atom. The van der Waals surface area contributed by atoms with Gasteiger partial charge in [0.25, 0.3) is 0 Å². The van der Waals surface area contributed by atoms with Crippen molar-refractivity contribution < 1.29 is 18.0 Å². The summed E-state index contributed by atoms with van der Waals surface area (Å²) in [5.74, 6) is -4.04. The molecular formula is C12H13F3O. The van der Waals surface area contributed by atoms with E-state index in [1.165, 1.54) is 0 Å². The van der Waals surface area contributed by atoms with Crippen molar-refractivity contribution in [1.82, 2.24) is 0 Å². The van der Waals surface area contributed by atoms with Gasteiger partial charge in [0.2, 0.25) is 0 Å². The average Bonchev–Trinajstić information content (AvgIpc) is 2.22. The SMILES string of the molecule is CCC(C)(C)C(=O)c1cc(F)c(F)cc1F. The zero-order valence-corrected chi connectivity index (χ0v) is 9.40. The van der Waals surface area contributed by atoms with Crippen LogP contribution in [0.15, 0.2) is 12.1 Å². The molecule has 0 unspecified atom stereocenters. The van der Waals surface area contributed by atoms with E-state index in [4.69, 9.17) is 0 Å². The molecule has 0 spiro atoms. The van der Waals surface area contributed by atoms with Crippen LogP contribution < -0.4 is 0 Å². The van der Waals surface area contributed by atoms with Gasteiger partial charge in [-0.3, -0.25) is 4.79 Å². The van der Waals surface area contributed by atoms with Crippen LogP contribution in [0.5, 0.6) is 0 Å². The van der Waals surface area contributed by atoms with Crippen LogP contribution in [0.3, 0.4) is 0 Å². The number of hydrogen-bond acceptors (Lipinski definition) is 1. The Morgan fingerprint density at radius 1 is 1.12 bits per heavy atom. The highest BCUT2D eigenvalue weighted by atomic mass is 19.2. The van der Waals surface area contributed by atoms with E-state index in [1.54, 1.807) is 20.8 Å². The van der Waals surface area contributed by atoms with Gasteiger partial charge in [-0.2, -0.15) is 0 Å². The molecule has 0 amide bonds. The van der Waals surface area contributed by atoms with Crippen molar-refractivity contribution in [3.63, 3.8) is 0 Å². The van der Waals surface area contributed by atoms with E-state index in [2.05, 4.69) is 0 Å². The maximum absolute atomic E-state index is 13.3. The fourth-order valence-corrected chi connectivity index (χ4v) is 1.22. The predicted octanol–water partition coefficient (Wildman–Crippen LogP) is 3.72. The first-order chi connectivity index (χ1) is 7.29. The normalized spacial score (nSPS) is 11.6. The van der Waals surface area contributed by atoms with Crippen molar-refractivity contribution in [2.75, 3.05) is 0 Å². The third-order valence-electron chi connectivity index (χ3n) is 2.75. The molecular weight excluding hydrogens is 217 g/mol. The first-order valence-corrected chi connectivity index (χ1v) is 4.99. The van der Waals surface area contributed by atoms with Crippen LogP contribution in [0.25, 0.3) is 0 Å². The number of rotatable bonds is 3. The maximum Gasteiger partial charge on any atom is 0.171 e. The highest BCUT2D eigenvalue weighted by Gasteiger charge is 2.29. The zero-order valence-electron chi connectivity index (χ0n) is 9.40. The van der Waals surface area contributed by atoms with E-state index in [0.717, 1.165) is 0 Å². The Morgan fingerprint density at radius 2 is 1.62 bits per heavy atom. The third kappa shape index (κ3) is 2.26. The largest absolute Gasteiger partial charge is 0.293 e. The molecule has 0 aliphatic carbocycles. The van der Waals surface area contributed by atoms with Crippen molar-refractivity contribution in [3.05, 3.63) is 35.1 Å². The van der Waals surface area contributed by atoms with Crippen LogP contribution >= 0.6 is 0 Å². The second-order valence-electron chi connectivity index (χ2n) is 4.31. The summed E-state index contributed by atoms with van der Waals surface area (Å²) < 4.78 is 38.9. The van der Waals surface area contributed by atoms with Crippen molar-refractivity contribution in [2.24, 2.45) is 5.41 Å². The lowest BCUT2D eigenvalue weighted by atomic mass is 9.82. The Hall–Kier alpha value is -1.32. The highest BCUT2D eigenvalue weighted by Crippen LogP contribution is 2.27. The molecule has 1 aromatic rings. The molecule has 1 nitrogen and oxygen atoms in total. The molecule has 0 radical (unpaired) electrons. The molecule has 1 rings (SSSR count). The van der Waals surface area contributed by atoms with Gasteiger partial charge in [-0.25, -0.2) is 13.2 Å². The Balaban J connectivity index is 3.25. The Kier molecular flexibility index (Phi) is 3.41. The molecule has 4 heteroatoms. The fraction of sp³-hybridized carbons (Fsp3) is 0.417. The summed E-state index contributed by atoms with van der Waals surface area (Å²) in [6, 6.07) is 1.01. The smallest absolute Gasteiger partial charge is 0.171 e. The van der Waals surface area contributed by atoms with E-state index in [9.17, 15) is 18.0 Å². The molecule has 0 saturated carbocycles. The summed E-state index contributed by atoms with van der Waals surface area (Å²) in [6.07, 6.45) is 0.490. The van der Waals surface area contributed by atoms with E-state index in [-0.39, 0.29) is 0 Å². The van der Waals surface area contributed by atoms with Crippen LogP contribution in [0.1, 0.15) is 37.6 Å². The standard InChI is InChI=1S/C12H13F3O/c1-4-12(2,3)11(16)7-5-9(14)10(15)6-8(7)13/h5-6H,4H2,1-3H3. The van der Waals surface area contributed by atoms with Crippen molar-refractivity contribution in [1.29, 1.82) is 0 Å². The zero-order chi connectivity index (χ0) is 12.5. The Bertz CT molecular complexity index is 425. The predicted molar refractivity (Wildman–Crippen MR) is 54.7 cm³/mol. The average molecular weight is 230 g/mol. The van der Waals surface area contributed by atoms with Crippen LogP contribution in [0.2, 0.25) is 0 Å². The number of halogens is 3. The van der Waals surface area contributed by atoms with Gasteiger partial charge >= 0.3 is 0 Å². The molecule has 0 aromatic heterocycles. The van der Waals surface area contributed by atoms with Gasteiger partial charge in [0.1, 0.15) is 5.82 Å². The quantitative estimate of drug-likeness (QED) is 0.571. The van der Waals surface area contributed by atoms with Crippen LogP contribution in [0.4, 0.5) is 13.2 Å². The number of Topliss-reactive ketones (excluding diaryl/α,β-unsaturated/α-hetero) is 1. The van der Waals surface area contributed by atoms with Gasteiger partial charge in [0.15, 0.2) is 17.4 Å². The van der Waals surface area contributed by atoms with Crippen LogP contribution in [-0.4, -0.2) is 5.78 Å². The number of carbonyl (C=O) groups is 1. The van der Waals surface area contributed by atoms with E-state index in [0.29, 0.717) is 18.6 Å². The molecule has 0 aliphatic rings. The maximum atomic E-state index is 13.3. The monoisotopic (exact) mass is 230 g/mol. The van der Waals surface area contributed by atoms with Crippen LogP contribution in [-0.2, 0) is 0 Å². The lowest BCUT2D eigenvalue weighted by molar-refractivity contribution is 0.0828. The van der Waals surface area contributed by atoms with Gasteiger partial charge in [-0.1, -0.05) is 20.8 Å². The van der Waals surface area contributed by atoms with Crippen molar-refractivity contribution in [3.8, 4) is 0 Å². The van der Waals surface area contributed by atoms with Crippen molar-refractivity contribution >= 4 is 5.78 Å². The number of carbonyl (C=O) groups excluding carboxylic acids is 1. The van der Waals surface area contributed by atoms with Gasteiger partial charge in [-0.05, 0) is 12.5 Å². The molecule has 1 aromatic carbocycles. The molecule has 16 heavy (non-hydrogen) atoms. The molecule has 88 valence electrons. The highest BCUT2D eigenvalue weighted by molar-refractivity contribution is 6.00. The molecule has 0 atom stereocenters. The summed E-state index contributed by atoms with van der Waals surface area (Å²) >= 11 is 0. The summed E-state index contributed by atoms with van der Waals surface area (Å²) in [4.78, 5) is 11.9. The van der Waals surface area contributed by atoms with E-state index in [1.807, 2.05) is 0 Å².